The van der Waals surface area contributed by atoms with Crippen LogP contribution in [0.1, 0.15) is 25.2 Å². The van der Waals surface area contributed by atoms with Crippen LogP contribution < -0.4 is 5.73 Å². The smallest absolute Gasteiger partial charge is 0.475 e. The second-order valence-corrected chi connectivity index (χ2v) is 3.97. The van der Waals surface area contributed by atoms with Gasteiger partial charge in [-0.25, -0.2) is 4.79 Å². The van der Waals surface area contributed by atoms with Gasteiger partial charge in [0.2, 0.25) is 0 Å². The zero-order chi connectivity index (χ0) is 14.7. The fourth-order valence-corrected chi connectivity index (χ4v) is 0.904. The van der Waals surface area contributed by atoms with E-state index in [4.69, 9.17) is 15.6 Å². The number of nitrogens with two attached hydrogens (primary N) is 1. The average molecular weight is 269 g/mol. The Hall–Kier alpha value is -1.77. The first-order valence-electron chi connectivity index (χ1n) is 4.70. The molecule has 0 aromatic carbocycles. The normalized spacial score (nSPS) is 11.7. The van der Waals surface area contributed by atoms with Crippen molar-refractivity contribution >= 4 is 11.7 Å². The quantitative estimate of drug-likeness (QED) is 0.611. The molecule has 0 saturated heterocycles. The first kappa shape index (κ1) is 16.2. The van der Waals surface area contributed by atoms with Gasteiger partial charge in [0.25, 0.3) is 0 Å². The Morgan fingerprint density at radius 2 is 1.78 bits per heavy atom. The largest absolute Gasteiger partial charge is 0.490 e. The molecule has 1 rings (SSSR count). The number of anilines is 1. The summed E-state index contributed by atoms with van der Waals surface area (Å²) in [6, 6.07) is 0. The van der Waals surface area contributed by atoms with Crippen LogP contribution in [0.5, 0.6) is 0 Å². The van der Waals surface area contributed by atoms with E-state index in [9.17, 15) is 18.3 Å². The van der Waals surface area contributed by atoms with E-state index in [0.717, 1.165) is 5.69 Å². The third-order valence-electron chi connectivity index (χ3n) is 1.82. The number of aryl methyl sites for hydroxylation is 1. The Balaban J connectivity index is 0.000000360. The summed E-state index contributed by atoms with van der Waals surface area (Å²) < 4.78 is 31.7. The molecule has 104 valence electrons. The number of carboxylic acid groups (broad SMARTS) is 1. The Morgan fingerprint density at radius 1 is 1.39 bits per heavy atom. The first-order chi connectivity index (χ1) is 7.87. The number of nitrogen functional groups attached to an aromatic ring is 1. The fraction of sp³-hybridized carbons (Fsp3) is 0.556. The van der Waals surface area contributed by atoms with Crippen molar-refractivity contribution in [3.8, 4) is 0 Å². The third-order valence-corrected chi connectivity index (χ3v) is 1.82. The lowest BCUT2D eigenvalue weighted by molar-refractivity contribution is -0.192. The number of hydrogen-bond donors (Lipinski definition) is 4. The molecule has 0 aliphatic carbocycles. The number of hydrogen-bond acceptors (Lipinski definition) is 4. The molecule has 0 bridgehead atoms. The zero-order valence-corrected chi connectivity index (χ0v) is 9.96. The van der Waals surface area contributed by atoms with Crippen molar-refractivity contribution in [3.63, 3.8) is 0 Å². The van der Waals surface area contributed by atoms with Gasteiger partial charge >= 0.3 is 12.1 Å². The molecule has 0 amide bonds. The lowest BCUT2D eigenvalue weighted by Gasteiger charge is -2.14. The Bertz CT molecular complexity index is 421. The van der Waals surface area contributed by atoms with E-state index < -0.39 is 17.7 Å². The number of aromatic amines is 1. The molecule has 5 N–H and O–H groups in total. The van der Waals surface area contributed by atoms with Gasteiger partial charge in [-0.1, -0.05) is 0 Å². The van der Waals surface area contributed by atoms with E-state index in [-0.39, 0.29) is 0 Å². The highest BCUT2D eigenvalue weighted by molar-refractivity contribution is 5.73. The molecule has 0 aliphatic rings. The number of nitrogens with one attached hydrogen (secondary N) is 1. The monoisotopic (exact) mass is 269 g/mol. The zero-order valence-electron chi connectivity index (χ0n) is 9.96. The standard InChI is InChI=1S/C7H13N3O.C2HF3O2/c1-4-5(8)6(10-9-4)7(2,3)11;3-2(4,5)1(6)7/h11H,8H2,1-3H3,(H,9,10);(H,6,7). The Labute approximate surface area is 101 Å². The summed E-state index contributed by atoms with van der Waals surface area (Å²) in [4.78, 5) is 8.90. The number of aliphatic carboxylic acids is 1. The van der Waals surface area contributed by atoms with Crippen molar-refractivity contribution in [3.05, 3.63) is 11.4 Å². The number of carbonyl (C=O) groups is 1. The minimum Gasteiger partial charge on any atom is -0.475 e. The summed E-state index contributed by atoms with van der Waals surface area (Å²) in [6.07, 6.45) is -5.08. The van der Waals surface area contributed by atoms with Gasteiger partial charge in [-0.15, -0.1) is 0 Å². The van der Waals surface area contributed by atoms with Gasteiger partial charge in [-0.3, -0.25) is 5.10 Å². The van der Waals surface area contributed by atoms with Crippen LogP contribution in [0.2, 0.25) is 0 Å². The molecule has 0 unspecified atom stereocenters. The number of carboxylic acids is 1. The molecular weight excluding hydrogens is 255 g/mol. The SMILES string of the molecule is Cc1[nH]nc(C(C)(C)O)c1N.O=C(O)C(F)(F)F. The molecule has 0 fully saturated rings. The maximum absolute atomic E-state index is 10.6. The van der Waals surface area contributed by atoms with E-state index in [0.29, 0.717) is 11.4 Å². The number of alkyl halides is 3. The van der Waals surface area contributed by atoms with Gasteiger partial charge in [0, 0.05) is 0 Å². The van der Waals surface area contributed by atoms with Crippen molar-refractivity contribution in [2.24, 2.45) is 0 Å². The number of nitrogens with zero attached hydrogens (tertiary/aromatic N) is 1. The molecule has 0 saturated carbocycles. The van der Waals surface area contributed by atoms with E-state index in [1.807, 2.05) is 6.92 Å². The van der Waals surface area contributed by atoms with Crippen molar-refractivity contribution < 1.29 is 28.2 Å². The highest BCUT2D eigenvalue weighted by Crippen LogP contribution is 2.24. The lowest BCUT2D eigenvalue weighted by Crippen LogP contribution is -2.21. The maximum atomic E-state index is 10.6. The van der Waals surface area contributed by atoms with Crippen LogP contribution >= 0.6 is 0 Å². The number of halogens is 3. The lowest BCUT2D eigenvalue weighted by atomic mass is 10.0. The van der Waals surface area contributed by atoms with E-state index in [1.165, 1.54) is 0 Å². The predicted molar refractivity (Wildman–Crippen MR) is 56.7 cm³/mol. The number of aromatic nitrogens is 2. The Kier molecular flexibility index (Phi) is 4.74. The topological polar surface area (TPSA) is 112 Å². The van der Waals surface area contributed by atoms with Gasteiger partial charge < -0.3 is 15.9 Å². The summed E-state index contributed by atoms with van der Waals surface area (Å²) in [6.45, 7) is 5.12. The highest BCUT2D eigenvalue weighted by atomic mass is 19.4. The summed E-state index contributed by atoms with van der Waals surface area (Å²) in [5.41, 5.74) is 6.51. The van der Waals surface area contributed by atoms with Crippen molar-refractivity contribution in [2.45, 2.75) is 32.5 Å². The number of aliphatic hydroxyl groups is 1. The van der Waals surface area contributed by atoms with Crippen molar-refractivity contribution in [1.82, 2.24) is 10.2 Å². The molecule has 0 radical (unpaired) electrons. The van der Waals surface area contributed by atoms with Crippen LogP contribution in [0, 0.1) is 6.92 Å². The van der Waals surface area contributed by atoms with Crippen LogP contribution in [0.15, 0.2) is 0 Å². The third kappa shape index (κ3) is 4.62. The van der Waals surface area contributed by atoms with Gasteiger partial charge in [0.1, 0.15) is 11.3 Å². The summed E-state index contributed by atoms with van der Waals surface area (Å²) in [5, 5.41) is 23.2. The van der Waals surface area contributed by atoms with Gasteiger partial charge in [-0.05, 0) is 20.8 Å². The molecule has 0 spiro atoms. The van der Waals surface area contributed by atoms with Crippen molar-refractivity contribution in [1.29, 1.82) is 0 Å². The second-order valence-electron chi connectivity index (χ2n) is 3.97. The minimum atomic E-state index is -5.08. The summed E-state index contributed by atoms with van der Waals surface area (Å²) >= 11 is 0. The second kappa shape index (κ2) is 5.25. The average Bonchev–Trinajstić information content (AvgIpc) is 2.45. The molecule has 0 aliphatic heterocycles. The molecular formula is C9H14F3N3O3. The van der Waals surface area contributed by atoms with Gasteiger partial charge in [0.15, 0.2) is 0 Å². The summed E-state index contributed by atoms with van der Waals surface area (Å²) in [5.74, 6) is -2.76. The van der Waals surface area contributed by atoms with Gasteiger partial charge in [-0.2, -0.15) is 18.3 Å². The van der Waals surface area contributed by atoms with Gasteiger partial charge in [0.05, 0.1) is 11.4 Å². The van der Waals surface area contributed by atoms with E-state index in [2.05, 4.69) is 10.2 Å². The molecule has 1 aromatic rings. The van der Waals surface area contributed by atoms with E-state index in [1.54, 1.807) is 13.8 Å². The maximum Gasteiger partial charge on any atom is 0.490 e. The van der Waals surface area contributed by atoms with Crippen LogP contribution in [0.25, 0.3) is 0 Å². The predicted octanol–water partition coefficient (Wildman–Crippen LogP) is 1.16. The molecule has 18 heavy (non-hydrogen) atoms. The molecule has 1 aromatic heterocycles. The fourth-order valence-electron chi connectivity index (χ4n) is 0.904. The van der Waals surface area contributed by atoms with E-state index >= 15 is 0 Å². The van der Waals surface area contributed by atoms with Crippen LogP contribution in [-0.2, 0) is 10.4 Å². The molecule has 0 atom stereocenters. The highest BCUT2D eigenvalue weighted by Gasteiger charge is 2.38. The Morgan fingerprint density at radius 3 is 1.89 bits per heavy atom. The molecule has 6 nitrogen and oxygen atoms in total. The molecule has 1 heterocycles. The van der Waals surface area contributed by atoms with Crippen LogP contribution in [0.4, 0.5) is 18.9 Å². The van der Waals surface area contributed by atoms with Crippen LogP contribution in [0.3, 0.4) is 0 Å². The number of rotatable bonds is 1. The number of H-pyrrole nitrogens is 1. The van der Waals surface area contributed by atoms with Crippen LogP contribution in [-0.4, -0.2) is 32.6 Å². The first-order valence-corrected chi connectivity index (χ1v) is 4.70. The minimum absolute atomic E-state index is 0.509. The molecule has 9 heteroatoms. The summed E-state index contributed by atoms with van der Waals surface area (Å²) in [7, 11) is 0. The van der Waals surface area contributed by atoms with Crippen molar-refractivity contribution in [2.75, 3.05) is 5.73 Å².